The molecule has 0 aliphatic rings. The summed E-state index contributed by atoms with van der Waals surface area (Å²) in [7, 11) is 0. The van der Waals surface area contributed by atoms with Gasteiger partial charge in [0.15, 0.2) is 0 Å². The van der Waals surface area contributed by atoms with Crippen molar-refractivity contribution in [2.75, 3.05) is 0 Å². The first-order chi connectivity index (χ1) is 9.65. The van der Waals surface area contributed by atoms with Crippen molar-refractivity contribution in [1.82, 2.24) is 0 Å². The van der Waals surface area contributed by atoms with Crippen LogP contribution in [0.15, 0.2) is 22.7 Å². The lowest BCUT2D eigenvalue weighted by Gasteiger charge is -2.12. The second kappa shape index (κ2) is 10.3. The van der Waals surface area contributed by atoms with Crippen LogP contribution in [0.5, 0.6) is 0 Å². The second-order valence-corrected chi connectivity index (χ2v) is 6.40. The van der Waals surface area contributed by atoms with Crippen molar-refractivity contribution in [2.24, 2.45) is 5.73 Å². The van der Waals surface area contributed by atoms with Crippen LogP contribution in [0.3, 0.4) is 0 Å². The predicted octanol–water partition coefficient (Wildman–Crippen LogP) is 6.12. The Kier molecular flexibility index (Phi) is 9.12. The normalized spacial score (nSPS) is 12.6. The smallest absolute Gasteiger partial charge is 0.137 e. The van der Waals surface area contributed by atoms with E-state index in [0.717, 1.165) is 18.4 Å². The highest BCUT2D eigenvalue weighted by molar-refractivity contribution is 9.10. The zero-order chi connectivity index (χ0) is 14.8. The Bertz CT molecular complexity index is 381. The first kappa shape index (κ1) is 17.6. The predicted molar refractivity (Wildman–Crippen MR) is 88.3 cm³/mol. The zero-order valence-corrected chi connectivity index (χ0v) is 14.1. The molecule has 1 nitrogen and oxygen atoms in total. The molecule has 3 heteroatoms. The number of nitrogens with two attached hydrogens (primary N) is 1. The van der Waals surface area contributed by atoms with E-state index in [0.29, 0.717) is 4.47 Å². The van der Waals surface area contributed by atoms with Crippen molar-refractivity contribution >= 4 is 15.9 Å². The SMILES string of the molecule is CCCCCCCCCCC(N)c1ccc(F)c(Br)c1. The molecule has 0 aliphatic heterocycles. The Morgan fingerprint density at radius 2 is 1.65 bits per heavy atom. The molecule has 1 atom stereocenters. The fourth-order valence-corrected chi connectivity index (χ4v) is 2.80. The van der Waals surface area contributed by atoms with E-state index in [1.165, 1.54) is 51.0 Å². The minimum absolute atomic E-state index is 0.0204. The van der Waals surface area contributed by atoms with Crippen LogP contribution in [-0.2, 0) is 0 Å². The third-order valence-corrected chi connectivity index (χ3v) is 4.35. The van der Waals surface area contributed by atoms with E-state index in [4.69, 9.17) is 5.73 Å². The molecule has 1 aromatic rings. The van der Waals surface area contributed by atoms with Gasteiger partial charge in [-0.1, -0.05) is 64.4 Å². The fraction of sp³-hybridized carbons (Fsp3) is 0.647. The number of unbranched alkanes of at least 4 members (excludes halogenated alkanes) is 7. The fourth-order valence-electron chi connectivity index (χ4n) is 2.41. The van der Waals surface area contributed by atoms with Gasteiger partial charge in [-0.15, -0.1) is 0 Å². The molecule has 0 bridgehead atoms. The standard InChI is InChI=1S/C17H27BrFN/c1-2-3-4-5-6-7-8-9-10-17(20)14-11-12-16(19)15(18)13-14/h11-13,17H,2-10,20H2,1H3. The Morgan fingerprint density at radius 3 is 2.25 bits per heavy atom. The van der Waals surface area contributed by atoms with Gasteiger partial charge in [-0.3, -0.25) is 0 Å². The monoisotopic (exact) mass is 343 g/mol. The van der Waals surface area contributed by atoms with E-state index in [1.54, 1.807) is 12.1 Å². The van der Waals surface area contributed by atoms with Gasteiger partial charge in [-0.2, -0.15) is 0 Å². The lowest BCUT2D eigenvalue weighted by atomic mass is 10.00. The average molecular weight is 344 g/mol. The third kappa shape index (κ3) is 6.85. The molecule has 0 aromatic heterocycles. The van der Waals surface area contributed by atoms with E-state index in [1.807, 2.05) is 0 Å². The maximum Gasteiger partial charge on any atom is 0.137 e. The van der Waals surface area contributed by atoms with Crippen LogP contribution in [0.4, 0.5) is 4.39 Å². The topological polar surface area (TPSA) is 26.0 Å². The lowest BCUT2D eigenvalue weighted by Crippen LogP contribution is -2.10. The Labute approximate surface area is 131 Å². The molecule has 0 spiro atoms. The molecule has 2 N–H and O–H groups in total. The largest absolute Gasteiger partial charge is 0.324 e. The highest BCUT2D eigenvalue weighted by Gasteiger charge is 2.08. The molecule has 1 rings (SSSR count). The van der Waals surface area contributed by atoms with E-state index in [2.05, 4.69) is 22.9 Å². The quantitative estimate of drug-likeness (QED) is 0.509. The molecule has 0 heterocycles. The van der Waals surface area contributed by atoms with Crippen LogP contribution in [0.1, 0.15) is 76.3 Å². The molecule has 0 saturated heterocycles. The van der Waals surface area contributed by atoms with Gasteiger partial charge in [0.25, 0.3) is 0 Å². The van der Waals surface area contributed by atoms with E-state index in [-0.39, 0.29) is 11.9 Å². The summed E-state index contributed by atoms with van der Waals surface area (Å²) < 4.78 is 13.7. The van der Waals surface area contributed by atoms with Crippen molar-refractivity contribution < 1.29 is 4.39 Å². The van der Waals surface area contributed by atoms with Crippen LogP contribution < -0.4 is 5.73 Å². The van der Waals surface area contributed by atoms with E-state index >= 15 is 0 Å². The molecule has 1 unspecified atom stereocenters. The number of rotatable bonds is 10. The maximum absolute atomic E-state index is 13.2. The molecular formula is C17H27BrFN. The molecular weight excluding hydrogens is 317 g/mol. The molecule has 0 aliphatic carbocycles. The van der Waals surface area contributed by atoms with Gasteiger partial charge in [0.1, 0.15) is 5.82 Å². The van der Waals surface area contributed by atoms with Gasteiger partial charge in [0, 0.05) is 6.04 Å². The second-order valence-electron chi connectivity index (χ2n) is 5.54. The van der Waals surface area contributed by atoms with Crippen LogP contribution in [-0.4, -0.2) is 0 Å². The van der Waals surface area contributed by atoms with Crippen LogP contribution in [0.25, 0.3) is 0 Å². The molecule has 1 aromatic carbocycles. The summed E-state index contributed by atoms with van der Waals surface area (Å²) in [5.74, 6) is -0.229. The highest BCUT2D eigenvalue weighted by Crippen LogP contribution is 2.23. The average Bonchev–Trinajstić information content (AvgIpc) is 2.44. The third-order valence-electron chi connectivity index (χ3n) is 3.74. The number of hydrogen-bond donors (Lipinski definition) is 1. The summed E-state index contributed by atoms with van der Waals surface area (Å²) in [6.45, 7) is 2.25. The molecule has 0 fully saturated rings. The lowest BCUT2D eigenvalue weighted by molar-refractivity contribution is 0.535. The number of halogens is 2. The highest BCUT2D eigenvalue weighted by atomic mass is 79.9. The van der Waals surface area contributed by atoms with Crippen LogP contribution in [0, 0.1) is 5.82 Å². The van der Waals surface area contributed by atoms with Crippen molar-refractivity contribution in [3.05, 3.63) is 34.1 Å². The van der Waals surface area contributed by atoms with E-state index < -0.39 is 0 Å². The number of benzene rings is 1. The van der Waals surface area contributed by atoms with E-state index in [9.17, 15) is 4.39 Å². The van der Waals surface area contributed by atoms with Crippen LogP contribution >= 0.6 is 15.9 Å². The zero-order valence-electron chi connectivity index (χ0n) is 12.5. The summed E-state index contributed by atoms with van der Waals surface area (Å²) in [5, 5.41) is 0. The van der Waals surface area contributed by atoms with Gasteiger partial charge < -0.3 is 5.73 Å². The maximum atomic E-state index is 13.2. The summed E-state index contributed by atoms with van der Waals surface area (Å²) in [6.07, 6.45) is 11.5. The molecule has 0 saturated carbocycles. The van der Waals surface area contributed by atoms with Crippen LogP contribution in [0.2, 0.25) is 0 Å². The van der Waals surface area contributed by atoms with Gasteiger partial charge in [-0.25, -0.2) is 4.39 Å². The Hall–Kier alpha value is -0.410. The molecule has 0 amide bonds. The van der Waals surface area contributed by atoms with Crippen molar-refractivity contribution in [1.29, 1.82) is 0 Å². The molecule has 114 valence electrons. The summed E-state index contributed by atoms with van der Waals surface area (Å²) in [6, 6.07) is 5.08. The summed E-state index contributed by atoms with van der Waals surface area (Å²) >= 11 is 3.21. The minimum atomic E-state index is -0.229. The first-order valence-electron chi connectivity index (χ1n) is 7.85. The van der Waals surface area contributed by atoms with Gasteiger partial charge in [0.05, 0.1) is 4.47 Å². The Morgan fingerprint density at radius 1 is 1.05 bits per heavy atom. The van der Waals surface area contributed by atoms with Gasteiger partial charge >= 0.3 is 0 Å². The first-order valence-corrected chi connectivity index (χ1v) is 8.65. The van der Waals surface area contributed by atoms with Crippen molar-refractivity contribution in [2.45, 2.75) is 70.8 Å². The minimum Gasteiger partial charge on any atom is -0.324 e. The van der Waals surface area contributed by atoms with Crippen molar-refractivity contribution in [3.63, 3.8) is 0 Å². The number of hydrogen-bond acceptors (Lipinski definition) is 1. The van der Waals surface area contributed by atoms with Gasteiger partial charge in [-0.05, 0) is 40.0 Å². The Balaban J connectivity index is 2.13. The summed E-state index contributed by atoms with van der Waals surface area (Å²) in [5.41, 5.74) is 7.17. The van der Waals surface area contributed by atoms with Gasteiger partial charge in [0.2, 0.25) is 0 Å². The van der Waals surface area contributed by atoms with Crippen molar-refractivity contribution in [3.8, 4) is 0 Å². The molecule has 20 heavy (non-hydrogen) atoms. The summed E-state index contributed by atoms with van der Waals surface area (Å²) in [4.78, 5) is 0. The molecule has 0 radical (unpaired) electrons.